The minimum absolute atomic E-state index is 0.567. The third kappa shape index (κ3) is 4.23. The van der Waals surface area contributed by atoms with E-state index in [-0.39, 0.29) is 0 Å². The number of rotatable bonds is 8. The van der Waals surface area contributed by atoms with Crippen LogP contribution in [0.5, 0.6) is 5.75 Å². The van der Waals surface area contributed by atoms with E-state index in [4.69, 9.17) is 4.74 Å². The molecule has 20 heavy (non-hydrogen) atoms. The second-order valence-electron chi connectivity index (χ2n) is 5.65. The molecule has 0 saturated carbocycles. The predicted octanol–water partition coefficient (Wildman–Crippen LogP) is 4.48. The molecule has 1 atom stereocenters. The van der Waals surface area contributed by atoms with E-state index in [0.29, 0.717) is 6.04 Å². The Morgan fingerprint density at radius 2 is 2.15 bits per heavy atom. The second kappa shape index (κ2) is 8.04. The largest absolute Gasteiger partial charge is 0.493 e. The lowest BCUT2D eigenvalue weighted by atomic mass is 9.98. The average molecular weight is 340 g/mol. The molecule has 2 rings (SSSR count). The summed E-state index contributed by atoms with van der Waals surface area (Å²) in [6.45, 7) is 6.42. The van der Waals surface area contributed by atoms with Gasteiger partial charge < -0.3 is 10.1 Å². The molecule has 112 valence electrons. The Balaban J connectivity index is 2.09. The molecule has 1 N–H and O–H groups in total. The normalized spacial score (nSPS) is 14.9. The summed E-state index contributed by atoms with van der Waals surface area (Å²) in [5.41, 5.74) is 2.72. The number of hydrogen-bond acceptors (Lipinski definition) is 2. The summed E-state index contributed by atoms with van der Waals surface area (Å²) >= 11 is 3.64. The molecular formula is C17H26BrNO. The van der Waals surface area contributed by atoms with Gasteiger partial charge in [-0.15, -0.1) is 0 Å². The van der Waals surface area contributed by atoms with Crippen LogP contribution in [-0.4, -0.2) is 19.2 Å². The van der Waals surface area contributed by atoms with Crippen molar-refractivity contribution in [3.63, 3.8) is 0 Å². The molecule has 0 amide bonds. The first-order valence-electron chi connectivity index (χ1n) is 7.92. The Labute approximate surface area is 131 Å². The first-order chi connectivity index (χ1) is 9.74. The zero-order valence-electron chi connectivity index (χ0n) is 12.7. The molecule has 1 heterocycles. The van der Waals surface area contributed by atoms with Gasteiger partial charge in [0, 0.05) is 16.9 Å². The van der Waals surface area contributed by atoms with Crippen LogP contribution in [-0.2, 0) is 12.8 Å². The van der Waals surface area contributed by atoms with Gasteiger partial charge in [0.1, 0.15) is 5.75 Å². The first kappa shape index (κ1) is 15.8. The van der Waals surface area contributed by atoms with Crippen LogP contribution in [0, 0.1) is 0 Å². The molecule has 1 aromatic carbocycles. The summed E-state index contributed by atoms with van der Waals surface area (Å²) in [7, 11) is 0. The Morgan fingerprint density at radius 3 is 2.90 bits per heavy atom. The Bertz CT molecular complexity index is 425. The smallest absolute Gasteiger partial charge is 0.125 e. The van der Waals surface area contributed by atoms with E-state index in [9.17, 15) is 0 Å². The van der Waals surface area contributed by atoms with Crippen LogP contribution in [0.3, 0.4) is 0 Å². The fourth-order valence-corrected chi connectivity index (χ4v) is 3.39. The number of fused-ring (bicyclic) bond motifs is 1. The van der Waals surface area contributed by atoms with E-state index in [1.54, 1.807) is 0 Å². The number of unbranched alkanes of at least 4 members (excludes halogenated alkanes) is 1. The van der Waals surface area contributed by atoms with Gasteiger partial charge in [-0.05, 0) is 49.1 Å². The third-order valence-corrected chi connectivity index (χ3v) is 4.34. The van der Waals surface area contributed by atoms with Crippen LogP contribution in [0.1, 0.15) is 50.7 Å². The maximum atomic E-state index is 5.85. The maximum absolute atomic E-state index is 5.85. The maximum Gasteiger partial charge on any atom is 0.125 e. The monoisotopic (exact) mass is 339 g/mol. The topological polar surface area (TPSA) is 21.3 Å². The van der Waals surface area contributed by atoms with Crippen molar-refractivity contribution in [2.75, 3.05) is 13.2 Å². The van der Waals surface area contributed by atoms with Crippen LogP contribution in [0.4, 0.5) is 0 Å². The summed E-state index contributed by atoms with van der Waals surface area (Å²) in [4.78, 5) is 0. The lowest BCUT2D eigenvalue weighted by Gasteiger charge is -2.20. The van der Waals surface area contributed by atoms with Crippen molar-refractivity contribution < 1.29 is 4.74 Å². The SMILES string of the molecule is CCCCC(Cc1cc(Br)cc2c1OCC2)NCCC. The molecule has 0 radical (unpaired) electrons. The highest BCUT2D eigenvalue weighted by Crippen LogP contribution is 2.34. The van der Waals surface area contributed by atoms with Gasteiger partial charge in [-0.2, -0.15) is 0 Å². The molecule has 1 aliphatic heterocycles. The average Bonchev–Trinajstić information content (AvgIpc) is 2.89. The van der Waals surface area contributed by atoms with Crippen LogP contribution >= 0.6 is 15.9 Å². The molecule has 1 unspecified atom stereocenters. The number of benzene rings is 1. The number of nitrogens with one attached hydrogen (secondary N) is 1. The zero-order chi connectivity index (χ0) is 14.4. The van der Waals surface area contributed by atoms with E-state index < -0.39 is 0 Å². The van der Waals surface area contributed by atoms with Gasteiger partial charge in [0.2, 0.25) is 0 Å². The van der Waals surface area contributed by atoms with E-state index in [1.807, 2.05) is 0 Å². The fraction of sp³-hybridized carbons (Fsp3) is 0.647. The molecular weight excluding hydrogens is 314 g/mol. The molecule has 0 aliphatic carbocycles. The third-order valence-electron chi connectivity index (χ3n) is 3.88. The zero-order valence-corrected chi connectivity index (χ0v) is 14.3. The summed E-state index contributed by atoms with van der Waals surface area (Å²) in [6, 6.07) is 5.00. The van der Waals surface area contributed by atoms with Crippen molar-refractivity contribution in [2.45, 2.75) is 58.4 Å². The van der Waals surface area contributed by atoms with Gasteiger partial charge in [0.25, 0.3) is 0 Å². The molecule has 2 nitrogen and oxygen atoms in total. The van der Waals surface area contributed by atoms with E-state index in [2.05, 4.69) is 47.2 Å². The lowest BCUT2D eigenvalue weighted by molar-refractivity contribution is 0.350. The van der Waals surface area contributed by atoms with Crippen molar-refractivity contribution in [1.82, 2.24) is 5.32 Å². The van der Waals surface area contributed by atoms with Crippen molar-refractivity contribution >= 4 is 15.9 Å². The lowest BCUT2D eigenvalue weighted by Crippen LogP contribution is -2.31. The van der Waals surface area contributed by atoms with Crippen molar-refractivity contribution in [2.24, 2.45) is 0 Å². The highest BCUT2D eigenvalue weighted by Gasteiger charge is 2.19. The first-order valence-corrected chi connectivity index (χ1v) is 8.71. The molecule has 0 saturated heterocycles. The fourth-order valence-electron chi connectivity index (χ4n) is 2.84. The van der Waals surface area contributed by atoms with Gasteiger partial charge >= 0.3 is 0 Å². The Kier molecular flexibility index (Phi) is 6.37. The molecule has 0 fully saturated rings. The molecule has 0 bridgehead atoms. The standard InChI is InChI=1S/C17H26BrNO/c1-3-5-6-16(19-8-4-2)12-14-11-15(18)10-13-7-9-20-17(13)14/h10-11,16,19H,3-9,12H2,1-2H3. The van der Waals surface area contributed by atoms with Crippen LogP contribution < -0.4 is 10.1 Å². The van der Waals surface area contributed by atoms with E-state index in [1.165, 1.54) is 41.3 Å². The minimum Gasteiger partial charge on any atom is -0.493 e. The van der Waals surface area contributed by atoms with E-state index >= 15 is 0 Å². The Hall–Kier alpha value is -0.540. The highest BCUT2D eigenvalue weighted by molar-refractivity contribution is 9.10. The van der Waals surface area contributed by atoms with E-state index in [0.717, 1.165) is 31.7 Å². The summed E-state index contributed by atoms with van der Waals surface area (Å²) in [6.07, 6.45) is 7.11. The molecule has 1 aliphatic rings. The molecule has 0 spiro atoms. The highest BCUT2D eigenvalue weighted by atomic mass is 79.9. The van der Waals surface area contributed by atoms with Crippen molar-refractivity contribution in [3.05, 3.63) is 27.7 Å². The summed E-state index contributed by atoms with van der Waals surface area (Å²) < 4.78 is 7.03. The van der Waals surface area contributed by atoms with Gasteiger partial charge in [0.15, 0.2) is 0 Å². The number of halogens is 1. The summed E-state index contributed by atoms with van der Waals surface area (Å²) in [5.74, 6) is 1.15. The summed E-state index contributed by atoms with van der Waals surface area (Å²) in [5, 5.41) is 3.69. The van der Waals surface area contributed by atoms with Crippen molar-refractivity contribution in [3.8, 4) is 5.75 Å². The molecule has 0 aromatic heterocycles. The van der Waals surface area contributed by atoms with Gasteiger partial charge in [-0.3, -0.25) is 0 Å². The van der Waals surface area contributed by atoms with Gasteiger partial charge in [0.05, 0.1) is 6.61 Å². The van der Waals surface area contributed by atoms with Crippen LogP contribution in [0.25, 0.3) is 0 Å². The minimum atomic E-state index is 0.567. The Morgan fingerprint density at radius 1 is 1.30 bits per heavy atom. The predicted molar refractivity (Wildman–Crippen MR) is 88.7 cm³/mol. The van der Waals surface area contributed by atoms with Crippen molar-refractivity contribution in [1.29, 1.82) is 0 Å². The second-order valence-corrected chi connectivity index (χ2v) is 6.56. The van der Waals surface area contributed by atoms with Crippen LogP contribution in [0.2, 0.25) is 0 Å². The quantitative estimate of drug-likeness (QED) is 0.753. The van der Waals surface area contributed by atoms with Gasteiger partial charge in [-0.1, -0.05) is 42.6 Å². The number of hydrogen-bond donors (Lipinski definition) is 1. The van der Waals surface area contributed by atoms with Gasteiger partial charge in [-0.25, -0.2) is 0 Å². The number of ether oxygens (including phenoxy) is 1. The molecule has 3 heteroatoms. The van der Waals surface area contributed by atoms with Crippen LogP contribution in [0.15, 0.2) is 16.6 Å². The molecule has 1 aromatic rings.